The third-order valence-electron chi connectivity index (χ3n) is 2.69. The molecule has 1 N–H and O–H groups in total. The van der Waals surface area contributed by atoms with Gasteiger partial charge in [0.25, 0.3) is 0 Å². The minimum absolute atomic E-state index is 0.0787. The maximum absolute atomic E-state index is 11.2. The molecule has 68 valence electrons. The van der Waals surface area contributed by atoms with Gasteiger partial charge in [0.05, 0.1) is 6.61 Å². The smallest absolute Gasteiger partial charge is 0.156 e. The average molecular weight is 168 g/mol. The minimum Gasteiger partial charge on any atom is -0.396 e. The van der Waals surface area contributed by atoms with E-state index in [-0.39, 0.29) is 23.7 Å². The van der Waals surface area contributed by atoms with Gasteiger partial charge in [0, 0.05) is 12.3 Å². The van der Waals surface area contributed by atoms with Crippen molar-refractivity contribution in [1.82, 2.24) is 0 Å². The van der Waals surface area contributed by atoms with Crippen molar-refractivity contribution in [2.24, 2.45) is 11.3 Å². The summed E-state index contributed by atoms with van der Waals surface area (Å²) in [7, 11) is 0. The summed E-state index contributed by atoms with van der Waals surface area (Å²) >= 11 is 0. The van der Waals surface area contributed by atoms with Gasteiger partial charge >= 0.3 is 0 Å². The van der Waals surface area contributed by atoms with E-state index in [0.29, 0.717) is 6.42 Å². The summed E-state index contributed by atoms with van der Waals surface area (Å²) in [4.78, 5) is 11.2. The number of hydrogen-bond acceptors (Lipinski definition) is 2. The highest BCUT2D eigenvalue weighted by Gasteiger charge is 2.35. The molecule has 0 heterocycles. The van der Waals surface area contributed by atoms with Gasteiger partial charge in [0.1, 0.15) is 0 Å². The molecule has 0 saturated heterocycles. The first kappa shape index (κ1) is 9.46. The van der Waals surface area contributed by atoms with Crippen molar-refractivity contribution in [2.75, 3.05) is 6.61 Å². The van der Waals surface area contributed by atoms with E-state index in [2.05, 4.69) is 0 Å². The molecule has 0 aromatic carbocycles. The van der Waals surface area contributed by atoms with Crippen LogP contribution in [0.25, 0.3) is 0 Å². The zero-order chi connectivity index (χ0) is 9.35. The molecule has 0 aromatic rings. The molecule has 0 fully saturated rings. The second kappa shape index (κ2) is 3.02. The van der Waals surface area contributed by atoms with Gasteiger partial charge in [-0.2, -0.15) is 0 Å². The van der Waals surface area contributed by atoms with Crippen molar-refractivity contribution in [3.05, 3.63) is 11.6 Å². The van der Waals surface area contributed by atoms with E-state index in [1.54, 1.807) is 6.08 Å². The molecule has 0 aromatic heterocycles. The summed E-state index contributed by atoms with van der Waals surface area (Å²) in [6, 6.07) is 0. The molecule has 1 aliphatic rings. The second-order valence-corrected chi connectivity index (χ2v) is 4.26. The minimum atomic E-state index is -0.0787. The Morgan fingerprint density at radius 2 is 2.25 bits per heavy atom. The zero-order valence-electron chi connectivity index (χ0n) is 7.92. The fourth-order valence-electron chi connectivity index (χ4n) is 1.99. The van der Waals surface area contributed by atoms with Crippen LogP contribution in [-0.4, -0.2) is 17.5 Å². The predicted octanol–water partition coefficient (Wildman–Crippen LogP) is 1.54. The fourth-order valence-corrected chi connectivity index (χ4v) is 1.99. The van der Waals surface area contributed by atoms with E-state index in [9.17, 15) is 4.79 Å². The van der Waals surface area contributed by atoms with Gasteiger partial charge in [-0.3, -0.25) is 4.79 Å². The third-order valence-corrected chi connectivity index (χ3v) is 2.69. The standard InChI is InChI=1S/C10H16O2/c1-7-4-8(12)5-10(2,3)9(7)6-11/h4,9,11H,5-6H2,1-3H3. The van der Waals surface area contributed by atoms with Crippen LogP contribution in [0.5, 0.6) is 0 Å². The Kier molecular flexibility index (Phi) is 2.38. The van der Waals surface area contributed by atoms with Gasteiger partial charge < -0.3 is 5.11 Å². The Labute approximate surface area is 73.3 Å². The second-order valence-electron chi connectivity index (χ2n) is 4.26. The Bertz CT molecular complexity index is 226. The van der Waals surface area contributed by atoms with E-state index in [1.165, 1.54) is 0 Å². The molecule has 12 heavy (non-hydrogen) atoms. The van der Waals surface area contributed by atoms with Crippen molar-refractivity contribution in [3.8, 4) is 0 Å². The summed E-state index contributed by atoms with van der Waals surface area (Å²) in [6.45, 7) is 6.12. The lowest BCUT2D eigenvalue weighted by Gasteiger charge is -2.36. The molecule has 0 saturated carbocycles. The van der Waals surface area contributed by atoms with Crippen LogP contribution in [0.4, 0.5) is 0 Å². The van der Waals surface area contributed by atoms with Crippen molar-refractivity contribution >= 4 is 5.78 Å². The van der Waals surface area contributed by atoms with Crippen molar-refractivity contribution in [2.45, 2.75) is 27.2 Å². The van der Waals surface area contributed by atoms with Gasteiger partial charge in [0.2, 0.25) is 0 Å². The number of allylic oxidation sites excluding steroid dienone is 1. The van der Waals surface area contributed by atoms with Crippen LogP contribution in [0.15, 0.2) is 11.6 Å². The van der Waals surface area contributed by atoms with Crippen LogP contribution in [0.3, 0.4) is 0 Å². The van der Waals surface area contributed by atoms with Crippen LogP contribution < -0.4 is 0 Å². The first-order valence-electron chi connectivity index (χ1n) is 4.29. The van der Waals surface area contributed by atoms with Gasteiger partial charge in [-0.1, -0.05) is 19.4 Å². The summed E-state index contributed by atoms with van der Waals surface area (Å²) < 4.78 is 0. The molecule has 1 atom stereocenters. The highest BCUT2D eigenvalue weighted by Crippen LogP contribution is 2.38. The Balaban J connectivity index is 2.96. The van der Waals surface area contributed by atoms with Gasteiger partial charge in [-0.05, 0) is 18.4 Å². The maximum Gasteiger partial charge on any atom is 0.156 e. The Hall–Kier alpha value is -0.630. The summed E-state index contributed by atoms with van der Waals surface area (Å²) in [5.74, 6) is 0.331. The molecule has 2 heteroatoms. The summed E-state index contributed by atoms with van der Waals surface area (Å²) in [5.41, 5.74) is 0.934. The number of carbonyl (C=O) groups is 1. The lowest BCUT2D eigenvalue weighted by Crippen LogP contribution is -2.33. The van der Waals surface area contributed by atoms with Crippen molar-refractivity contribution in [1.29, 1.82) is 0 Å². The first-order valence-corrected chi connectivity index (χ1v) is 4.29. The molecule has 1 unspecified atom stereocenters. The topological polar surface area (TPSA) is 37.3 Å². The third kappa shape index (κ3) is 1.58. The summed E-state index contributed by atoms with van der Waals surface area (Å²) in [5, 5.41) is 9.13. The SMILES string of the molecule is CC1=CC(=O)CC(C)(C)C1CO. The van der Waals surface area contributed by atoms with E-state index in [1.807, 2.05) is 20.8 Å². The van der Waals surface area contributed by atoms with Crippen LogP contribution in [-0.2, 0) is 4.79 Å². The quantitative estimate of drug-likeness (QED) is 0.645. The Morgan fingerprint density at radius 3 is 2.67 bits per heavy atom. The average Bonchev–Trinajstić information content (AvgIpc) is 1.82. The molecule has 0 spiro atoms. The largest absolute Gasteiger partial charge is 0.396 e. The van der Waals surface area contributed by atoms with Crippen LogP contribution in [0.2, 0.25) is 0 Å². The lowest BCUT2D eigenvalue weighted by molar-refractivity contribution is -0.118. The molecular formula is C10H16O2. The molecule has 0 radical (unpaired) electrons. The predicted molar refractivity (Wildman–Crippen MR) is 47.7 cm³/mol. The monoisotopic (exact) mass is 168 g/mol. The summed E-state index contributed by atoms with van der Waals surface area (Å²) in [6.07, 6.45) is 2.21. The maximum atomic E-state index is 11.2. The molecule has 1 aliphatic carbocycles. The van der Waals surface area contributed by atoms with Crippen LogP contribution in [0, 0.1) is 11.3 Å². The fraction of sp³-hybridized carbons (Fsp3) is 0.700. The normalized spacial score (nSPS) is 28.5. The highest BCUT2D eigenvalue weighted by atomic mass is 16.3. The molecule has 0 aliphatic heterocycles. The van der Waals surface area contributed by atoms with Crippen molar-refractivity contribution in [3.63, 3.8) is 0 Å². The number of rotatable bonds is 1. The number of hydrogen-bond donors (Lipinski definition) is 1. The van der Waals surface area contributed by atoms with Gasteiger partial charge in [-0.15, -0.1) is 0 Å². The number of aliphatic hydroxyl groups is 1. The number of ketones is 1. The van der Waals surface area contributed by atoms with E-state index in [0.717, 1.165) is 5.57 Å². The molecular weight excluding hydrogens is 152 g/mol. The molecule has 0 bridgehead atoms. The van der Waals surface area contributed by atoms with E-state index in [4.69, 9.17) is 5.11 Å². The molecule has 1 rings (SSSR count). The van der Waals surface area contributed by atoms with Gasteiger partial charge in [-0.25, -0.2) is 0 Å². The van der Waals surface area contributed by atoms with Crippen molar-refractivity contribution < 1.29 is 9.90 Å². The van der Waals surface area contributed by atoms with Crippen LogP contribution >= 0.6 is 0 Å². The lowest BCUT2D eigenvalue weighted by atomic mass is 9.69. The zero-order valence-corrected chi connectivity index (χ0v) is 7.92. The molecule has 2 nitrogen and oxygen atoms in total. The van der Waals surface area contributed by atoms with Crippen LogP contribution in [0.1, 0.15) is 27.2 Å². The number of carbonyl (C=O) groups excluding carboxylic acids is 1. The van der Waals surface area contributed by atoms with Gasteiger partial charge in [0.15, 0.2) is 5.78 Å². The van der Waals surface area contributed by atoms with E-state index >= 15 is 0 Å². The first-order chi connectivity index (χ1) is 5.47. The number of aliphatic hydroxyl groups excluding tert-OH is 1. The Morgan fingerprint density at radius 1 is 1.67 bits per heavy atom. The molecule has 0 amide bonds. The highest BCUT2D eigenvalue weighted by molar-refractivity contribution is 5.91. The van der Waals surface area contributed by atoms with E-state index < -0.39 is 0 Å².